The van der Waals surface area contributed by atoms with Gasteiger partial charge in [0.2, 0.25) is 0 Å². The summed E-state index contributed by atoms with van der Waals surface area (Å²) in [5.41, 5.74) is 9.09. The Morgan fingerprint density at radius 1 is 1.05 bits per heavy atom. The van der Waals surface area contributed by atoms with E-state index in [1.54, 1.807) is 0 Å². The lowest BCUT2D eigenvalue weighted by Crippen LogP contribution is -2.32. The summed E-state index contributed by atoms with van der Waals surface area (Å²) in [6.45, 7) is 24.2. The second kappa shape index (κ2) is 12.6. The van der Waals surface area contributed by atoms with Crippen LogP contribution in [-0.4, -0.2) is 13.1 Å². The van der Waals surface area contributed by atoms with E-state index in [4.69, 9.17) is 11.6 Å². The maximum Gasteiger partial charge on any atom is 0.126 e. The van der Waals surface area contributed by atoms with E-state index in [-0.39, 0.29) is 10.8 Å². The topological polar surface area (TPSA) is 6.25 Å². The van der Waals surface area contributed by atoms with Crippen LogP contribution in [0.4, 0.5) is 5.69 Å². The smallest absolute Gasteiger partial charge is 0.126 e. The number of allylic oxidation sites excluding steroid dienone is 7. The summed E-state index contributed by atoms with van der Waals surface area (Å²) in [6.07, 6.45) is 16.8. The Bertz CT molecular complexity index is 1610. The largest absolute Gasteiger partial charge is 0.344 e. The molecule has 0 amide bonds. The first-order chi connectivity index (χ1) is 20.5. The highest BCUT2D eigenvalue weighted by molar-refractivity contribution is 6.32. The van der Waals surface area contributed by atoms with Gasteiger partial charge in [0.05, 0.1) is 6.04 Å². The average Bonchev–Trinajstić information content (AvgIpc) is 3.31. The van der Waals surface area contributed by atoms with Crippen LogP contribution in [0.3, 0.4) is 0 Å². The van der Waals surface area contributed by atoms with Crippen LogP contribution in [0, 0.1) is 19.9 Å². The van der Waals surface area contributed by atoms with E-state index < -0.39 is 0 Å². The Balaban J connectivity index is 1.48. The van der Waals surface area contributed by atoms with Crippen molar-refractivity contribution in [2.75, 3.05) is 18.0 Å². The summed E-state index contributed by atoms with van der Waals surface area (Å²) in [7, 11) is 0. The van der Waals surface area contributed by atoms with E-state index in [0.29, 0.717) is 0 Å². The number of unbranched alkanes of at least 4 members (excludes halogenated alkanes) is 2. The average molecular weight is 594 g/mol. The molecule has 0 radical (unpaired) electrons. The fraction of sp³-hybridized carbons (Fsp3) is 0.425. The molecule has 0 N–H and O–H groups in total. The van der Waals surface area contributed by atoms with Crippen LogP contribution in [0.15, 0.2) is 82.6 Å². The van der Waals surface area contributed by atoms with Gasteiger partial charge in [-0.3, -0.25) is 0 Å². The minimum Gasteiger partial charge on any atom is -0.344 e. The summed E-state index contributed by atoms with van der Waals surface area (Å²) in [5, 5.41) is 3.31. The third kappa shape index (κ3) is 5.93. The van der Waals surface area contributed by atoms with Gasteiger partial charge in [-0.05, 0) is 66.3 Å². The molecule has 43 heavy (non-hydrogen) atoms. The number of hydrogen-bond donors (Lipinski definition) is 0. The summed E-state index contributed by atoms with van der Waals surface area (Å²) in [6, 6.07) is 14.9. The molecule has 0 saturated carbocycles. The molecule has 228 valence electrons. The van der Waals surface area contributed by atoms with E-state index >= 15 is 0 Å². The van der Waals surface area contributed by atoms with Gasteiger partial charge < -0.3 is 16.4 Å². The Labute approximate surface area is 265 Å². The van der Waals surface area contributed by atoms with E-state index in [1.165, 1.54) is 57.0 Å². The molecule has 5 rings (SSSR count). The van der Waals surface area contributed by atoms with E-state index in [1.807, 2.05) is 0 Å². The SMILES string of the molecule is C=c1ccc2c(c1)C(C)(C)[C-](C=CC1=C(Cl)C(=CC=C3N(CCC[CH2-])c4ccc(C)cc4C3(C)C)CCC1)[N+]=2CCCC. The quantitative estimate of drug-likeness (QED) is 0.208. The van der Waals surface area contributed by atoms with Crippen LogP contribution < -0.4 is 20.1 Å². The molecule has 3 aliphatic rings. The molecule has 0 bridgehead atoms. The fourth-order valence-electron chi connectivity index (χ4n) is 7.15. The number of benzene rings is 2. The van der Waals surface area contributed by atoms with Crippen molar-refractivity contribution in [2.24, 2.45) is 0 Å². The zero-order chi connectivity index (χ0) is 30.9. The zero-order valence-corrected chi connectivity index (χ0v) is 28.1. The van der Waals surface area contributed by atoms with Crippen molar-refractivity contribution in [3.8, 4) is 0 Å². The van der Waals surface area contributed by atoms with Crippen molar-refractivity contribution in [3.05, 3.63) is 123 Å². The van der Waals surface area contributed by atoms with Crippen molar-refractivity contribution < 1.29 is 0 Å². The van der Waals surface area contributed by atoms with Crippen molar-refractivity contribution in [3.63, 3.8) is 0 Å². The van der Waals surface area contributed by atoms with Crippen LogP contribution in [0.2, 0.25) is 0 Å². The van der Waals surface area contributed by atoms with Gasteiger partial charge in [-0.2, -0.15) is 6.42 Å². The molecule has 2 aliphatic heterocycles. The molecular weight excluding hydrogens is 544 g/mol. The van der Waals surface area contributed by atoms with Crippen molar-refractivity contribution in [1.82, 2.24) is 4.58 Å². The summed E-state index contributed by atoms with van der Waals surface area (Å²) in [4.78, 5) is 2.51. The molecule has 2 nitrogen and oxygen atoms in total. The van der Waals surface area contributed by atoms with Gasteiger partial charge in [0.1, 0.15) is 11.9 Å². The molecule has 2 heterocycles. The van der Waals surface area contributed by atoms with Gasteiger partial charge in [-0.15, -0.1) is 12.2 Å². The summed E-state index contributed by atoms with van der Waals surface area (Å²) in [5.74, 6) is 0. The van der Waals surface area contributed by atoms with Gasteiger partial charge in [0.25, 0.3) is 0 Å². The van der Waals surface area contributed by atoms with Crippen LogP contribution in [0.5, 0.6) is 0 Å². The first-order valence-corrected chi connectivity index (χ1v) is 16.7. The third-order valence-corrected chi connectivity index (χ3v) is 10.2. The fourth-order valence-corrected chi connectivity index (χ4v) is 7.46. The predicted octanol–water partition coefficient (Wildman–Crippen LogP) is 8.98. The van der Waals surface area contributed by atoms with E-state index in [2.05, 4.69) is 125 Å². The van der Waals surface area contributed by atoms with Gasteiger partial charge in [-0.25, -0.2) is 0 Å². The number of nitrogens with zero attached hydrogens (tertiary/aromatic N) is 2. The Kier molecular flexibility index (Phi) is 9.19. The maximum atomic E-state index is 7.20. The van der Waals surface area contributed by atoms with Crippen molar-refractivity contribution in [1.29, 1.82) is 0 Å². The number of halogens is 1. The van der Waals surface area contributed by atoms with Gasteiger partial charge >= 0.3 is 0 Å². The molecule has 0 fully saturated rings. The Morgan fingerprint density at radius 3 is 2.58 bits per heavy atom. The number of fused-ring (bicyclic) bond motifs is 2. The van der Waals surface area contributed by atoms with E-state index in [0.717, 1.165) is 61.9 Å². The van der Waals surface area contributed by atoms with Crippen LogP contribution in [-0.2, 0) is 10.8 Å². The minimum atomic E-state index is -0.0864. The molecule has 1 aliphatic carbocycles. The van der Waals surface area contributed by atoms with Crippen molar-refractivity contribution >= 4 is 23.9 Å². The van der Waals surface area contributed by atoms with Crippen LogP contribution in [0.1, 0.15) is 96.3 Å². The van der Waals surface area contributed by atoms with Gasteiger partial charge in [0, 0.05) is 40.2 Å². The Hall–Kier alpha value is -2.97. The second-order valence-corrected chi connectivity index (χ2v) is 14.0. The highest BCUT2D eigenvalue weighted by Crippen LogP contribution is 2.48. The molecule has 2 aromatic carbocycles. The lowest BCUT2D eigenvalue weighted by atomic mass is 9.79. The highest BCUT2D eigenvalue weighted by atomic mass is 35.5. The minimum absolute atomic E-state index is 0.0668. The molecule has 2 aromatic rings. The molecule has 3 heteroatoms. The zero-order valence-electron chi connectivity index (χ0n) is 27.3. The number of hydrogen-bond acceptors (Lipinski definition) is 1. The second-order valence-electron chi connectivity index (χ2n) is 13.6. The van der Waals surface area contributed by atoms with Gasteiger partial charge in [-0.1, -0.05) is 107 Å². The normalized spacial score (nSPS) is 21.1. The monoisotopic (exact) mass is 593 g/mol. The summed E-state index contributed by atoms with van der Waals surface area (Å²) < 4.78 is 2.52. The molecule has 0 unspecified atom stereocenters. The number of aryl methyl sites for hydroxylation is 1. The molecular formula is C40H50ClN2-. The molecule has 0 aromatic heterocycles. The number of rotatable bonds is 9. The molecule has 0 atom stereocenters. The van der Waals surface area contributed by atoms with Crippen LogP contribution in [0.25, 0.3) is 6.58 Å². The van der Waals surface area contributed by atoms with Gasteiger partial charge in [0.15, 0.2) is 0 Å². The third-order valence-electron chi connectivity index (χ3n) is 9.71. The van der Waals surface area contributed by atoms with Crippen molar-refractivity contribution in [2.45, 2.75) is 97.3 Å². The lowest BCUT2D eigenvalue weighted by Gasteiger charge is -2.29. The first kappa shape index (κ1) is 31.5. The maximum absolute atomic E-state index is 7.20. The summed E-state index contributed by atoms with van der Waals surface area (Å²) >= 11 is 7.20. The number of anilines is 1. The highest BCUT2D eigenvalue weighted by Gasteiger charge is 2.40. The van der Waals surface area contributed by atoms with E-state index in [9.17, 15) is 0 Å². The standard InChI is InChI=1S/C40H50ClN2/c1-9-11-24-42-34-20-16-28(3)26-32(34)39(5,6)36(42)22-18-30-14-13-15-31(38(30)41)19-23-37-40(7,8)33-27-29(4)17-21-35(33)43(37)25-12-10-2/h16-23,26-27H,1,4,9-15,24-25H2,2-3,5-8H3/q-1. The molecule has 0 saturated heterocycles. The lowest BCUT2D eigenvalue weighted by molar-refractivity contribution is 0.484. The first-order valence-electron chi connectivity index (χ1n) is 16.3. The predicted molar refractivity (Wildman–Crippen MR) is 187 cm³/mol. The molecule has 0 spiro atoms. The van der Waals surface area contributed by atoms with Crippen LogP contribution >= 0.6 is 11.6 Å². The Morgan fingerprint density at radius 2 is 1.84 bits per heavy atom.